The SMILES string of the molecule is C[C@]1(C2CC2)NC(=O)N(CC(=O)OCC(=O)NC2CCCC2)C1=O. The van der Waals surface area contributed by atoms with Gasteiger partial charge in [0.25, 0.3) is 11.8 Å². The van der Waals surface area contributed by atoms with E-state index in [1.54, 1.807) is 6.92 Å². The lowest BCUT2D eigenvalue weighted by atomic mass is 9.96. The first-order chi connectivity index (χ1) is 11.4. The highest BCUT2D eigenvalue weighted by molar-refractivity contribution is 6.08. The number of carbonyl (C=O) groups is 4. The maximum absolute atomic E-state index is 12.4. The van der Waals surface area contributed by atoms with E-state index in [4.69, 9.17) is 4.74 Å². The minimum atomic E-state index is -0.919. The Morgan fingerprint density at radius 2 is 1.92 bits per heavy atom. The van der Waals surface area contributed by atoms with Gasteiger partial charge in [-0.2, -0.15) is 0 Å². The fourth-order valence-corrected chi connectivity index (χ4v) is 3.46. The Kier molecular flexibility index (Phi) is 4.47. The molecule has 0 unspecified atom stereocenters. The number of nitrogens with zero attached hydrogens (tertiary/aromatic N) is 1. The molecule has 0 radical (unpaired) electrons. The molecule has 8 nitrogen and oxygen atoms in total. The normalized spacial score (nSPS) is 27.3. The zero-order valence-corrected chi connectivity index (χ0v) is 13.8. The van der Waals surface area contributed by atoms with Crippen molar-refractivity contribution in [2.45, 2.75) is 57.0 Å². The van der Waals surface area contributed by atoms with E-state index in [0.717, 1.165) is 43.4 Å². The van der Waals surface area contributed by atoms with E-state index in [2.05, 4.69) is 10.6 Å². The predicted octanol–water partition coefficient (Wildman–Crippen LogP) is 0.309. The molecule has 0 aromatic carbocycles. The second kappa shape index (κ2) is 6.41. The summed E-state index contributed by atoms with van der Waals surface area (Å²) in [7, 11) is 0. The molecule has 8 heteroatoms. The highest BCUT2D eigenvalue weighted by Gasteiger charge is 2.56. The van der Waals surface area contributed by atoms with Gasteiger partial charge in [0.1, 0.15) is 12.1 Å². The first-order valence-corrected chi connectivity index (χ1v) is 8.49. The molecule has 1 saturated heterocycles. The zero-order valence-electron chi connectivity index (χ0n) is 13.8. The molecule has 0 bridgehead atoms. The Labute approximate surface area is 140 Å². The highest BCUT2D eigenvalue weighted by atomic mass is 16.5. The van der Waals surface area contributed by atoms with Gasteiger partial charge in [0.15, 0.2) is 6.61 Å². The number of esters is 1. The fraction of sp³-hybridized carbons (Fsp3) is 0.750. The van der Waals surface area contributed by atoms with Crippen molar-refractivity contribution in [2.75, 3.05) is 13.2 Å². The summed E-state index contributed by atoms with van der Waals surface area (Å²) >= 11 is 0. The number of imide groups is 1. The van der Waals surface area contributed by atoms with E-state index in [1.165, 1.54) is 0 Å². The summed E-state index contributed by atoms with van der Waals surface area (Å²) in [6.07, 6.45) is 5.86. The van der Waals surface area contributed by atoms with Gasteiger partial charge < -0.3 is 15.4 Å². The Hall–Kier alpha value is -2.12. The molecule has 0 spiro atoms. The molecule has 3 fully saturated rings. The van der Waals surface area contributed by atoms with Crippen LogP contribution in [0.2, 0.25) is 0 Å². The number of urea groups is 1. The van der Waals surface area contributed by atoms with Crippen LogP contribution in [-0.2, 0) is 19.1 Å². The van der Waals surface area contributed by atoms with E-state index in [0.29, 0.717) is 0 Å². The third kappa shape index (κ3) is 3.37. The predicted molar refractivity (Wildman–Crippen MR) is 82.7 cm³/mol. The van der Waals surface area contributed by atoms with Crippen LogP contribution in [0.4, 0.5) is 4.79 Å². The van der Waals surface area contributed by atoms with Gasteiger partial charge in [0, 0.05) is 6.04 Å². The van der Waals surface area contributed by atoms with Crippen molar-refractivity contribution in [3.05, 3.63) is 0 Å². The molecule has 2 aliphatic carbocycles. The third-order valence-electron chi connectivity index (χ3n) is 5.07. The van der Waals surface area contributed by atoms with Crippen LogP contribution < -0.4 is 10.6 Å². The first kappa shape index (κ1) is 16.7. The summed E-state index contributed by atoms with van der Waals surface area (Å²) in [6.45, 7) is 0.827. The lowest BCUT2D eigenvalue weighted by Crippen LogP contribution is -2.46. The minimum Gasteiger partial charge on any atom is -0.454 e. The molecular formula is C16H23N3O5. The van der Waals surface area contributed by atoms with E-state index in [1.807, 2.05) is 0 Å². The van der Waals surface area contributed by atoms with Gasteiger partial charge in [-0.25, -0.2) is 4.79 Å². The largest absolute Gasteiger partial charge is 0.454 e. The average Bonchev–Trinajstić information content (AvgIpc) is 3.24. The summed E-state index contributed by atoms with van der Waals surface area (Å²) in [4.78, 5) is 48.8. The monoisotopic (exact) mass is 337 g/mol. The number of amides is 4. The standard InChI is InChI=1S/C16H23N3O5/c1-16(10-6-7-10)14(22)19(15(23)18-16)8-13(21)24-9-12(20)17-11-4-2-3-5-11/h10-11H,2-9H2,1H3,(H,17,20)(H,18,23)/t16-/m1/s1. The van der Waals surface area contributed by atoms with Crippen LogP contribution in [0.3, 0.4) is 0 Å². The van der Waals surface area contributed by atoms with Crippen LogP contribution in [-0.4, -0.2) is 53.4 Å². The van der Waals surface area contributed by atoms with Crippen LogP contribution >= 0.6 is 0 Å². The Morgan fingerprint density at radius 3 is 2.54 bits per heavy atom. The van der Waals surface area contributed by atoms with Crippen molar-refractivity contribution in [2.24, 2.45) is 5.92 Å². The lowest BCUT2D eigenvalue weighted by molar-refractivity contribution is -0.151. The molecule has 3 rings (SSSR count). The molecule has 2 saturated carbocycles. The maximum atomic E-state index is 12.4. The Morgan fingerprint density at radius 1 is 1.25 bits per heavy atom. The molecule has 0 aromatic rings. The van der Waals surface area contributed by atoms with Crippen molar-refractivity contribution < 1.29 is 23.9 Å². The number of ether oxygens (including phenoxy) is 1. The molecule has 0 aromatic heterocycles. The summed E-state index contributed by atoms with van der Waals surface area (Å²) in [5.41, 5.74) is -0.919. The van der Waals surface area contributed by atoms with Gasteiger partial charge in [-0.15, -0.1) is 0 Å². The second-order valence-corrected chi connectivity index (χ2v) is 7.01. The smallest absolute Gasteiger partial charge is 0.326 e. The topological polar surface area (TPSA) is 105 Å². The molecule has 4 amide bonds. The molecule has 1 heterocycles. The van der Waals surface area contributed by atoms with Crippen LogP contribution in [0.5, 0.6) is 0 Å². The molecule has 132 valence electrons. The summed E-state index contributed by atoms with van der Waals surface area (Å²) in [5.74, 6) is -1.38. The first-order valence-electron chi connectivity index (χ1n) is 8.49. The van der Waals surface area contributed by atoms with Crippen molar-refractivity contribution in [3.8, 4) is 0 Å². The molecule has 3 aliphatic rings. The van der Waals surface area contributed by atoms with Crippen LogP contribution in [0, 0.1) is 5.92 Å². The van der Waals surface area contributed by atoms with Crippen molar-refractivity contribution in [1.82, 2.24) is 15.5 Å². The maximum Gasteiger partial charge on any atom is 0.326 e. The number of hydrogen-bond acceptors (Lipinski definition) is 5. The molecule has 1 aliphatic heterocycles. The van der Waals surface area contributed by atoms with E-state index < -0.39 is 36.6 Å². The summed E-state index contributed by atoms with van der Waals surface area (Å²) in [6, 6.07) is -0.428. The van der Waals surface area contributed by atoms with Crippen LogP contribution in [0.1, 0.15) is 45.4 Å². The van der Waals surface area contributed by atoms with Crippen LogP contribution in [0.15, 0.2) is 0 Å². The average molecular weight is 337 g/mol. The van der Waals surface area contributed by atoms with Crippen molar-refractivity contribution in [3.63, 3.8) is 0 Å². The number of hydrogen-bond donors (Lipinski definition) is 2. The summed E-state index contributed by atoms with van der Waals surface area (Å²) < 4.78 is 4.89. The highest BCUT2D eigenvalue weighted by Crippen LogP contribution is 2.42. The molecule has 1 atom stereocenters. The van der Waals surface area contributed by atoms with Gasteiger partial charge in [-0.1, -0.05) is 12.8 Å². The number of rotatable bonds is 6. The van der Waals surface area contributed by atoms with Gasteiger partial charge in [-0.3, -0.25) is 19.3 Å². The lowest BCUT2D eigenvalue weighted by Gasteiger charge is -2.20. The molecule has 2 N–H and O–H groups in total. The Bertz CT molecular complexity index is 568. The van der Waals surface area contributed by atoms with Gasteiger partial charge in [-0.05, 0) is 38.5 Å². The molecular weight excluding hydrogens is 314 g/mol. The van der Waals surface area contributed by atoms with Gasteiger partial charge in [0.05, 0.1) is 0 Å². The summed E-state index contributed by atoms with van der Waals surface area (Å²) in [5, 5.41) is 5.47. The number of nitrogens with one attached hydrogen (secondary N) is 2. The van der Waals surface area contributed by atoms with Crippen LogP contribution in [0.25, 0.3) is 0 Å². The van der Waals surface area contributed by atoms with Crippen molar-refractivity contribution in [1.29, 1.82) is 0 Å². The van der Waals surface area contributed by atoms with E-state index in [9.17, 15) is 19.2 Å². The van der Waals surface area contributed by atoms with Crippen molar-refractivity contribution >= 4 is 23.8 Å². The third-order valence-corrected chi connectivity index (χ3v) is 5.07. The van der Waals surface area contributed by atoms with Gasteiger partial charge >= 0.3 is 12.0 Å². The minimum absolute atomic E-state index is 0.132. The quantitative estimate of drug-likeness (QED) is 0.536. The molecule has 24 heavy (non-hydrogen) atoms. The number of carbonyl (C=O) groups excluding carboxylic acids is 4. The van der Waals surface area contributed by atoms with E-state index >= 15 is 0 Å². The van der Waals surface area contributed by atoms with E-state index in [-0.39, 0.29) is 17.9 Å². The zero-order chi connectivity index (χ0) is 17.3. The van der Waals surface area contributed by atoms with Gasteiger partial charge in [0.2, 0.25) is 0 Å². The second-order valence-electron chi connectivity index (χ2n) is 7.01. The fourth-order valence-electron chi connectivity index (χ4n) is 3.46. The Balaban J connectivity index is 1.45.